The summed E-state index contributed by atoms with van der Waals surface area (Å²) in [6.07, 6.45) is 1.57. The monoisotopic (exact) mass is 175 g/mol. The molecule has 1 atom stereocenters. The molecule has 0 saturated carbocycles. The smallest absolute Gasteiger partial charge is 0.156 e. The maximum Gasteiger partial charge on any atom is 0.156 e. The second-order valence-electron chi connectivity index (χ2n) is 2.58. The van der Waals surface area contributed by atoms with Gasteiger partial charge in [0.05, 0.1) is 6.61 Å². The Balaban J connectivity index is 3.02. The van der Waals surface area contributed by atoms with Crippen LogP contribution in [-0.2, 0) is 9.47 Å². The Hall–Kier alpha value is -0.120. The molecule has 1 radical (unpaired) electrons. The van der Waals surface area contributed by atoms with Gasteiger partial charge >= 0.3 is 0 Å². The van der Waals surface area contributed by atoms with E-state index in [0.717, 1.165) is 12.8 Å². The van der Waals surface area contributed by atoms with Gasteiger partial charge in [-0.3, -0.25) is 0 Å². The Kier molecular flexibility index (Phi) is 8.88. The topological polar surface area (TPSA) is 38.7 Å². The molecule has 0 amide bonds. The molecule has 12 heavy (non-hydrogen) atoms. The van der Waals surface area contributed by atoms with Gasteiger partial charge in [0.25, 0.3) is 0 Å². The van der Waals surface area contributed by atoms with Gasteiger partial charge in [0.1, 0.15) is 0 Å². The number of ether oxygens (including phenoxy) is 2. The Morgan fingerprint density at radius 1 is 1.33 bits per heavy atom. The highest BCUT2D eigenvalue weighted by Crippen LogP contribution is 1.96. The summed E-state index contributed by atoms with van der Waals surface area (Å²) in [6, 6.07) is 0. The summed E-state index contributed by atoms with van der Waals surface area (Å²) in [4.78, 5) is 0. The van der Waals surface area contributed by atoms with E-state index in [0.29, 0.717) is 26.2 Å². The highest BCUT2D eigenvalue weighted by molar-refractivity contribution is 4.42. The Morgan fingerprint density at radius 3 is 2.67 bits per heavy atom. The van der Waals surface area contributed by atoms with Crippen molar-refractivity contribution >= 4 is 0 Å². The van der Waals surface area contributed by atoms with Gasteiger partial charge in [0.2, 0.25) is 0 Å². The van der Waals surface area contributed by atoms with E-state index in [4.69, 9.17) is 14.6 Å². The summed E-state index contributed by atoms with van der Waals surface area (Å²) in [5, 5.41) is 9.16. The average molecular weight is 175 g/mol. The number of hydrogen-bond acceptors (Lipinski definition) is 3. The van der Waals surface area contributed by atoms with Gasteiger partial charge in [-0.1, -0.05) is 13.8 Å². The maximum atomic E-state index is 9.16. The van der Waals surface area contributed by atoms with Crippen molar-refractivity contribution in [3.8, 4) is 0 Å². The fourth-order valence-corrected chi connectivity index (χ4v) is 0.725. The van der Waals surface area contributed by atoms with Crippen LogP contribution in [0.2, 0.25) is 0 Å². The van der Waals surface area contributed by atoms with Crippen molar-refractivity contribution in [3.05, 3.63) is 6.92 Å². The van der Waals surface area contributed by atoms with Gasteiger partial charge in [0.15, 0.2) is 6.29 Å². The zero-order chi connectivity index (χ0) is 9.23. The second kappa shape index (κ2) is 8.97. The summed E-state index contributed by atoms with van der Waals surface area (Å²) in [5.41, 5.74) is 0. The summed E-state index contributed by atoms with van der Waals surface area (Å²) >= 11 is 0. The molecule has 0 aliphatic heterocycles. The molecule has 0 spiro atoms. The summed E-state index contributed by atoms with van der Waals surface area (Å²) < 4.78 is 10.2. The molecular weight excluding hydrogens is 156 g/mol. The fraction of sp³-hybridized carbons (Fsp3) is 0.889. The molecule has 0 aliphatic carbocycles. The highest BCUT2D eigenvalue weighted by Gasteiger charge is 2.01. The van der Waals surface area contributed by atoms with Gasteiger partial charge in [0, 0.05) is 19.6 Å². The van der Waals surface area contributed by atoms with Crippen molar-refractivity contribution in [3.63, 3.8) is 0 Å². The summed E-state index contributed by atoms with van der Waals surface area (Å²) in [6.45, 7) is 7.44. The first-order valence-corrected chi connectivity index (χ1v) is 4.48. The molecule has 0 bridgehead atoms. The number of aliphatic hydroxyl groups excluding tert-OH is 1. The second-order valence-corrected chi connectivity index (χ2v) is 2.58. The molecule has 0 aromatic rings. The maximum absolute atomic E-state index is 9.16. The van der Waals surface area contributed by atoms with Crippen LogP contribution in [0.4, 0.5) is 0 Å². The Labute approximate surface area is 74.7 Å². The van der Waals surface area contributed by atoms with E-state index in [1.165, 1.54) is 0 Å². The quantitative estimate of drug-likeness (QED) is 0.447. The first kappa shape index (κ1) is 11.9. The predicted molar refractivity (Wildman–Crippen MR) is 47.7 cm³/mol. The number of aliphatic hydroxyl groups is 1. The standard InChI is InChI=1S/C9H19O3/c1-3-6-11-8-5-9(10)12-7-4-2/h9-10H,1,3-8H2,2H3. The van der Waals surface area contributed by atoms with E-state index >= 15 is 0 Å². The molecule has 1 N–H and O–H groups in total. The molecule has 3 nitrogen and oxygen atoms in total. The van der Waals surface area contributed by atoms with E-state index in [-0.39, 0.29) is 0 Å². The zero-order valence-corrected chi connectivity index (χ0v) is 7.79. The Bertz CT molecular complexity index is 85.8. The van der Waals surface area contributed by atoms with Crippen LogP contribution in [0.1, 0.15) is 26.2 Å². The van der Waals surface area contributed by atoms with Crippen molar-refractivity contribution < 1.29 is 14.6 Å². The summed E-state index contributed by atoms with van der Waals surface area (Å²) in [5.74, 6) is 0. The van der Waals surface area contributed by atoms with E-state index in [1.807, 2.05) is 6.92 Å². The molecule has 73 valence electrons. The van der Waals surface area contributed by atoms with Crippen molar-refractivity contribution in [1.29, 1.82) is 0 Å². The summed E-state index contributed by atoms with van der Waals surface area (Å²) in [7, 11) is 0. The molecule has 1 unspecified atom stereocenters. The molecule has 0 aromatic carbocycles. The first-order valence-electron chi connectivity index (χ1n) is 4.48. The lowest BCUT2D eigenvalue weighted by Crippen LogP contribution is -2.15. The van der Waals surface area contributed by atoms with Crippen LogP contribution in [0.3, 0.4) is 0 Å². The molecule has 0 fully saturated rings. The van der Waals surface area contributed by atoms with Gasteiger partial charge in [-0.05, 0) is 12.8 Å². The van der Waals surface area contributed by atoms with Crippen LogP contribution >= 0.6 is 0 Å². The molecule has 0 rings (SSSR count). The van der Waals surface area contributed by atoms with E-state index in [9.17, 15) is 0 Å². The fourth-order valence-electron chi connectivity index (χ4n) is 0.725. The van der Waals surface area contributed by atoms with Gasteiger partial charge in [-0.25, -0.2) is 0 Å². The number of hydrogen-bond donors (Lipinski definition) is 1. The van der Waals surface area contributed by atoms with Crippen molar-refractivity contribution in [2.45, 2.75) is 32.5 Å². The molecule has 0 heterocycles. The lowest BCUT2D eigenvalue weighted by molar-refractivity contribution is -0.112. The highest BCUT2D eigenvalue weighted by atomic mass is 16.6. The van der Waals surface area contributed by atoms with Crippen LogP contribution < -0.4 is 0 Å². The average Bonchev–Trinajstić information content (AvgIpc) is 2.09. The largest absolute Gasteiger partial charge is 0.381 e. The van der Waals surface area contributed by atoms with Gasteiger partial charge < -0.3 is 14.6 Å². The molecular formula is C9H19O3. The van der Waals surface area contributed by atoms with Gasteiger partial charge in [-0.2, -0.15) is 0 Å². The molecule has 0 saturated heterocycles. The third-order valence-electron chi connectivity index (χ3n) is 1.31. The first-order chi connectivity index (χ1) is 5.81. The minimum atomic E-state index is -0.672. The molecule has 0 aliphatic rings. The molecule has 0 aromatic heterocycles. The van der Waals surface area contributed by atoms with Crippen LogP contribution in [0.15, 0.2) is 0 Å². The van der Waals surface area contributed by atoms with Crippen LogP contribution in [-0.4, -0.2) is 31.2 Å². The minimum Gasteiger partial charge on any atom is -0.381 e. The third kappa shape index (κ3) is 7.98. The van der Waals surface area contributed by atoms with Crippen LogP contribution in [0, 0.1) is 6.92 Å². The van der Waals surface area contributed by atoms with E-state index in [2.05, 4.69) is 6.92 Å². The van der Waals surface area contributed by atoms with Gasteiger partial charge in [-0.15, -0.1) is 0 Å². The van der Waals surface area contributed by atoms with Crippen molar-refractivity contribution in [2.24, 2.45) is 0 Å². The normalized spacial score (nSPS) is 13.2. The lowest BCUT2D eigenvalue weighted by Gasteiger charge is -2.10. The SMILES string of the molecule is [CH2]CCOCCC(O)OCCC. The molecule has 3 heteroatoms. The van der Waals surface area contributed by atoms with Crippen LogP contribution in [0.25, 0.3) is 0 Å². The van der Waals surface area contributed by atoms with E-state index < -0.39 is 6.29 Å². The minimum absolute atomic E-state index is 0.542. The Morgan fingerprint density at radius 2 is 2.08 bits per heavy atom. The zero-order valence-electron chi connectivity index (χ0n) is 7.79. The lowest BCUT2D eigenvalue weighted by atomic mass is 10.4. The van der Waals surface area contributed by atoms with Crippen molar-refractivity contribution in [1.82, 2.24) is 0 Å². The number of rotatable bonds is 8. The third-order valence-corrected chi connectivity index (χ3v) is 1.31. The predicted octanol–water partition coefficient (Wildman–Crippen LogP) is 1.36. The van der Waals surface area contributed by atoms with E-state index in [1.54, 1.807) is 0 Å². The van der Waals surface area contributed by atoms with Crippen LogP contribution in [0.5, 0.6) is 0 Å². The van der Waals surface area contributed by atoms with Crippen molar-refractivity contribution in [2.75, 3.05) is 19.8 Å².